The van der Waals surface area contributed by atoms with Crippen molar-refractivity contribution in [3.8, 4) is 0 Å². The van der Waals surface area contributed by atoms with E-state index in [9.17, 15) is 18.0 Å². The van der Waals surface area contributed by atoms with Crippen LogP contribution >= 0.6 is 0 Å². The predicted molar refractivity (Wildman–Crippen MR) is 62.6 cm³/mol. The summed E-state index contributed by atoms with van der Waals surface area (Å²) < 4.78 is 35.6. The summed E-state index contributed by atoms with van der Waals surface area (Å²) in [6, 6.07) is 0. The lowest BCUT2D eigenvalue weighted by Gasteiger charge is -2.08. The molecule has 0 aromatic rings. The predicted octanol–water partition coefficient (Wildman–Crippen LogP) is 2.14. The van der Waals surface area contributed by atoms with Crippen molar-refractivity contribution >= 4 is 11.8 Å². The van der Waals surface area contributed by atoms with E-state index in [-0.39, 0.29) is 24.4 Å². The van der Waals surface area contributed by atoms with Crippen molar-refractivity contribution in [1.82, 2.24) is 5.32 Å². The fraction of sp³-hybridized carbons (Fsp3) is 0.455. The van der Waals surface area contributed by atoms with E-state index in [0.717, 1.165) is 6.08 Å². The van der Waals surface area contributed by atoms with Crippen LogP contribution < -0.4 is 5.32 Å². The number of halogens is 3. The number of carbonyl (C=O) groups is 1. The van der Waals surface area contributed by atoms with Crippen LogP contribution in [0.1, 0.15) is 12.8 Å². The van der Waals surface area contributed by atoms with E-state index in [4.69, 9.17) is 5.11 Å². The molecule has 0 aromatic carbocycles. The summed E-state index contributed by atoms with van der Waals surface area (Å²) in [6.07, 6.45) is -2.84. The van der Waals surface area contributed by atoms with Gasteiger partial charge in [-0.1, -0.05) is 12.7 Å². The monoisotopic (exact) mass is 264 g/mol. The summed E-state index contributed by atoms with van der Waals surface area (Å²) in [7, 11) is 1.41. The van der Waals surface area contributed by atoms with Gasteiger partial charge in [-0.05, 0) is 12.5 Å². The molecule has 0 bridgehead atoms. The van der Waals surface area contributed by atoms with Crippen LogP contribution in [0.2, 0.25) is 0 Å². The molecule has 0 spiro atoms. The number of hydrogen-bond donors (Lipinski definition) is 2. The fourth-order valence-electron chi connectivity index (χ4n) is 1.06. The third-order valence-electron chi connectivity index (χ3n) is 1.94. The van der Waals surface area contributed by atoms with Gasteiger partial charge in [0.2, 0.25) is 0 Å². The van der Waals surface area contributed by atoms with Crippen molar-refractivity contribution in [1.29, 1.82) is 0 Å². The third-order valence-corrected chi connectivity index (χ3v) is 1.94. The molecule has 0 saturated heterocycles. The molecule has 0 radical (unpaired) electrons. The summed E-state index contributed by atoms with van der Waals surface area (Å²) >= 11 is 0. The Morgan fingerprint density at radius 3 is 2.50 bits per heavy atom. The average Bonchev–Trinajstić information content (AvgIpc) is 2.26. The van der Waals surface area contributed by atoms with Gasteiger partial charge in [-0.2, -0.15) is 13.2 Å². The third kappa shape index (κ3) is 7.48. The molecule has 2 N–H and O–H groups in total. The first-order valence-electron chi connectivity index (χ1n) is 5.15. The number of alkyl halides is 3. The van der Waals surface area contributed by atoms with Gasteiger partial charge < -0.3 is 10.4 Å². The van der Waals surface area contributed by atoms with E-state index in [1.165, 1.54) is 13.1 Å². The minimum atomic E-state index is -4.19. The summed E-state index contributed by atoms with van der Waals surface area (Å²) in [5, 5.41) is 11.3. The van der Waals surface area contributed by atoms with E-state index in [1.807, 2.05) is 0 Å². The Bertz CT molecular complexity index is 360. The lowest BCUT2D eigenvalue weighted by Crippen LogP contribution is -2.24. The van der Waals surface area contributed by atoms with E-state index in [1.54, 1.807) is 0 Å². The van der Waals surface area contributed by atoms with Crippen molar-refractivity contribution in [3.05, 3.63) is 24.3 Å². The highest BCUT2D eigenvalue weighted by Crippen LogP contribution is 2.20. The molecule has 0 amide bonds. The zero-order valence-corrected chi connectivity index (χ0v) is 9.92. The van der Waals surface area contributed by atoms with Gasteiger partial charge in [0.1, 0.15) is 5.84 Å². The molecule has 0 aliphatic carbocycles. The summed E-state index contributed by atoms with van der Waals surface area (Å²) in [4.78, 5) is 14.4. The lowest BCUT2D eigenvalue weighted by atomic mass is 10.2. The van der Waals surface area contributed by atoms with Crippen LogP contribution in [0.3, 0.4) is 0 Å². The second-order valence-corrected chi connectivity index (χ2v) is 3.36. The summed E-state index contributed by atoms with van der Waals surface area (Å²) in [5.74, 6) is -0.974. The molecular weight excluding hydrogens is 249 g/mol. The first-order chi connectivity index (χ1) is 8.30. The second kappa shape index (κ2) is 7.52. The maximum Gasteiger partial charge on any atom is 0.389 e. The average molecular weight is 264 g/mol. The highest BCUT2D eigenvalue weighted by molar-refractivity contribution is 6.01. The molecule has 0 aliphatic rings. The first kappa shape index (κ1) is 16.2. The second-order valence-electron chi connectivity index (χ2n) is 3.36. The Labute approximate surface area is 103 Å². The number of carboxylic acid groups (broad SMARTS) is 1. The number of aliphatic imine (C=N–C) groups is 1. The summed E-state index contributed by atoms with van der Waals surface area (Å²) in [6.45, 7) is 3.38. The minimum Gasteiger partial charge on any atom is -0.478 e. The topological polar surface area (TPSA) is 61.7 Å². The van der Waals surface area contributed by atoms with Crippen LogP contribution in [0.25, 0.3) is 0 Å². The smallest absolute Gasteiger partial charge is 0.389 e. The molecule has 0 unspecified atom stereocenters. The Kier molecular flexibility index (Phi) is 6.77. The van der Waals surface area contributed by atoms with Crippen LogP contribution in [-0.2, 0) is 4.79 Å². The van der Waals surface area contributed by atoms with Crippen molar-refractivity contribution < 1.29 is 23.1 Å². The normalized spacial score (nSPS) is 13.3. The largest absolute Gasteiger partial charge is 0.478 e. The summed E-state index contributed by atoms with van der Waals surface area (Å²) in [5.41, 5.74) is -0.0843. The van der Waals surface area contributed by atoms with E-state index >= 15 is 0 Å². The van der Waals surface area contributed by atoms with E-state index in [0.29, 0.717) is 0 Å². The number of amidine groups is 1. The fourth-order valence-corrected chi connectivity index (χ4v) is 1.06. The number of nitrogens with zero attached hydrogens (tertiary/aromatic N) is 1. The van der Waals surface area contributed by atoms with Gasteiger partial charge in [0.05, 0.1) is 5.57 Å². The molecule has 7 heteroatoms. The maximum atomic E-state index is 11.9. The zero-order chi connectivity index (χ0) is 14.2. The molecule has 18 heavy (non-hydrogen) atoms. The van der Waals surface area contributed by atoms with Crippen LogP contribution in [0.15, 0.2) is 29.3 Å². The van der Waals surface area contributed by atoms with E-state index < -0.39 is 18.6 Å². The van der Waals surface area contributed by atoms with Gasteiger partial charge in [-0.15, -0.1) is 0 Å². The molecule has 0 aliphatic heterocycles. The molecule has 0 fully saturated rings. The number of carboxylic acids is 1. The van der Waals surface area contributed by atoms with Crippen molar-refractivity contribution in [2.24, 2.45) is 4.99 Å². The van der Waals surface area contributed by atoms with E-state index in [2.05, 4.69) is 16.9 Å². The number of nitrogens with one attached hydrogen (secondary N) is 1. The Morgan fingerprint density at radius 1 is 1.50 bits per heavy atom. The van der Waals surface area contributed by atoms with Crippen LogP contribution in [0.5, 0.6) is 0 Å². The lowest BCUT2D eigenvalue weighted by molar-refractivity contribution is -0.135. The van der Waals surface area contributed by atoms with Gasteiger partial charge >= 0.3 is 12.1 Å². The highest BCUT2D eigenvalue weighted by atomic mass is 19.4. The molecule has 0 saturated carbocycles. The Morgan fingerprint density at radius 2 is 2.11 bits per heavy atom. The molecule has 102 valence electrons. The molecule has 0 heterocycles. The number of hydrogen-bond acceptors (Lipinski definition) is 2. The molecule has 0 atom stereocenters. The molecule has 0 aromatic heterocycles. The highest BCUT2D eigenvalue weighted by Gasteiger charge is 2.25. The number of aliphatic carboxylic acids is 1. The zero-order valence-electron chi connectivity index (χ0n) is 9.92. The quantitative estimate of drug-likeness (QED) is 0.254. The van der Waals surface area contributed by atoms with Gasteiger partial charge in [-0.3, -0.25) is 4.99 Å². The first-order valence-corrected chi connectivity index (χ1v) is 5.15. The van der Waals surface area contributed by atoms with Crippen LogP contribution in [0.4, 0.5) is 13.2 Å². The van der Waals surface area contributed by atoms with Gasteiger partial charge in [-0.25, -0.2) is 4.79 Å². The Balaban J connectivity index is 4.30. The molecule has 0 rings (SSSR count). The maximum absolute atomic E-state index is 11.9. The van der Waals surface area contributed by atoms with Gasteiger partial charge in [0.15, 0.2) is 0 Å². The standard InChI is InChI=1S/C11H15F3N2O2/c1-3-8(10(17)18)7-9(15-2)16-6-4-5-11(12,13)14/h3,7H,1,4-6H2,2H3,(H,15,16)(H,17,18)/b8-7+. The van der Waals surface area contributed by atoms with Crippen LogP contribution in [0, 0.1) is 0 Å². The van der Waals surface area contributed by atoms with Gasteiger partial charge in [0.25, 0.3) is 0 Å². The minimum absolute atomic E-state index is 0.0622. The van der Waals surface area contributed by atoms with Crippen LogP contribution in [-0.4, -0.2) is 36.7 Å². The molecular formula is C11H15F3N2O2. The van der Waals surface area contributed by atoms with Crippen molar-refractivity contribution in [3.63, 3.8) is 0 Å². The Hall–Kier alpha value is -1.79. The van der Waals surface area contributed by atoms with Crippen molar-refractivity contribution in [2.45, 2.75) is 19.0 Å². The SMILES string of the molecule is C=C/C(=C\C(=N/C)NCCCC(F)(F)F)C(=O)O. The number of rotatable bonds is 6. The molecule has 4 nitrogen and oxygen atoms in total. The van der Waals surface area contributed by atoms with Gasteiger partial charge in [0, 0.05) is 20.0 Å². The van der Waals surface area contributed by atoms with Crippen molar-refractivity contribution in [2.75, 3.05) is 13.6 Å².